The fraction of sp³-hybridized carbons (Fsp3) is 0.529. The number of carbonyl (C=O) groups excluding carboxylic acids is 1. The molecule has 2 aromatic rings. The molecule has 0 spiro atoms. The summed E-state index contributed by atoms with van der Waals surface area (Å²) in [6, 6.07) is 2.91. The Bertz CT molecular complexity index is 679. The first-order valence-electron chi connectivity index (χ1n) is 8.41. The number of furan rings is 1. The van der Waals surface area contributed by atoms with E-state index in [1.54, 1.807) is 17.9 Å². The third kappa shape index (κ3) is 3.24. The van der Waals surface area contributed by atoms with Gasteiger partial charge in [-0.2, -0.15) is 0 Å². The van der Waals surface area contributed by atoms with Gasteiger partial charge in [0.1, 0.15) is 17.0 Å². The van der Waals surface area contributed by atoms with E-state index in [-0.39, 0.29) is 5.91 Å². The summed E-state index contributed by atoms with van der Waals surface area (Å²) < 4.78 is 10.5. The molecule has 2 fully saturated rings. The Labute approximate surface area is 144 Å². The van der Waals surface area contributed by atoms with Gasteiger partial charge in [-0.1, -0.05) is 0 Å². The van der Waals surface area contributed by atoms with Crippen molar-refractivity contribution >= 4 is 17.2 Å². The van der Waals surface area contributed by atoms with Crippen LogP contribution < -0.4 is 5.32 Å². The number of ether oxygens (including phenoxy) is 1. The van der Waals surface area contributed by atoms with Crippen LogP contribution in [0.2, 0.25) is 0 Å². The Morgan fingerprint density at radius 1 is 1.38 bits per heavy atom. The first kappa shape index (κ1) is 15.8. The third-order valence-corrected chi connectivity index (χ3v) is 5.74. The third-order valence-electron chi connectivity index (χ3n) is 4.85. The van der Waals surface area contributed by atoms with E-state index < -0.39 is 0 Å². The number of thiazole rings is 1. The van der Waals surface area contributed by atoms with E-state index in [9.17, 15) is 4.79 Å². The molecule has 1 amide bonds. The highest BCUT2D eigenvalue weighted by Gasteiger charge is 2.34. The molecule has 0 aromatic carbocycles. The highest BCUT2D eigenvalue weighted by atomic mass is 32.1. The second-order valence-electron chi connectivity index (χ2n) is 6.28. The lowest BCUT2D eigenvalue weighted by Gasteiger charge is -2.47. The Kier molecular flexibility index (Phi) is 4.64. The maximum Gasteiger partial charge on any atom is 0.270 e. The van der Waals surface area contributed by atoms with Crippen LogP contribution in [-0.4, -0.2) is 54.2 Å². The summed E-state index contributed by atoms with van der Waals surface area (Å²) in [4.78, 5) is 19.2. The first-order chi connectivity index (χ1) is 11.8. The smallest absolute Gasteiger partial charge is 0.270 e. The summed E-state index contributed by atoms with van der Waals surface area (Å²) in [7, 11) is 0. The zero-order chi connectivity index (χ0) is 16.4. The van der Waals surface area contributed by atoms with Crippen molar-refractivity contribution in [2.75, 3.05) is 26.3 Å². The normalized spacial score (nSPS) is 22.2. The summed E-state index contributed by atoms with van der Waals surface area (Å²) in [5, 5.41) is 5.64. The first-order valence-corrected chi connectivity index (χ1v) is 9.29. The standard InChI is InChI=1S/C17H21N3O3S/c21-16(15-11-24-17(19-15)12-2-6-23-10-12)18-9-14-1-5-20(14)13-3-7-22-8-4-13/h2,6,10-11,13-14H,1,3-5,7-9H2,(H,18,21). The maximum absolute atomic E-state index is 12.3. The Morgan fingerprint density at radius 2 is 2.25 bits per heavy atom. The van der Waals surface area contributed by atoms with Crippen LogP contribution in [-0.2, 0) is 4.74 Å². The fourth-order valence-electron chi connectivity index (χ4n) is 3.38. The van der Waals surface area contributed by atoms with Crippen LogP contribution in [0.5, 0.6) is 0 Å². The molecule has 2 saturated heterocycles. The zero-order valence-corrected chi connectivity index (χ0v) is 14.3. The number of hydrogen-bond acceptors (Lipinski definition) is 6. The molecule has 7 heteroatoms. The average molecular weight is 347 g/mol. The topological polar surface area (TPSA) is 67.6 Å². The minimum absolute atomic E-state index is 0.0974. The van der Waals surface area contributed by atoms with Crippen molar-refractivity contribution in [3.8, 4) is 10.6 Å². The van der Waals surface area contributed by atoms with E-state index in [1.165, 1.54) is 11.3 Å². The zero-order valence-electron chi connectivity index (χ0n) is 13.4. The van der Waals surface area contributed by atoms with Gasteiger partial charge in [0.2, 0.25) is 0 Å². The predicted octanol–water partition coefficient (Wildman–Crippen LogP) is 2.39. The predicted molar refractivity (Wildman–Crippen MR) is 91.1 cm³/mol. The van der Waals surface area contributed by atoms with Crippen molar-refractivity contribution < 1.29 is 13.9 Å². The van der Waals surface area contributed by atoms with Gasteiger partial charge in [-0.3, -0.25) is 9.69 Å². The Hall–Kier alpha value is -1.70. The average Bonchev–Trinajstić information content (AvgIpc) is 3.26. The highest BCUT2D eigenvalue weighted by molar-refractivity contribution is 7.13. The molecular weight excluding hydrogens is 326 g/mol. The number of aromatic nitrogens is 1. The maximum atomic E-state index is 12.3. The number of likely N-dealkylation sites (tertiary alicyclic amines) is 1. The van der Waals surface area contributed by atoms with Gasteiger partial charge in [-0.05, 0) is 25.3 Å². The minimum atomic E-state index is -0.0974. The molecule has 0 bridgehead atoms. The molecule has 0 aliphatic carbocycles. The number of nitrogens with one attached hydrogen (secondary N) is 1. The van der Waals surface area contributed by atoms with Gasteiger partial charge in [0, 0.05) is 49.3 Å². The fourth-order valence-corrected chi connectivity index (χ4v) is 4.16. The van der Waals surface area contributed by atoms with Crippen LogP contribution in [0, 0.1) is 0 Å². The van der Waals surface area contributed by atoms with Crippen LogP contribution in [0.1, 0.15) is 29.8 Å². The molecule has 128 valence electrons. The van der Waals surface area contributed by atoms with Gasteiger partial charge >= 0.3 is 0 Å². The van der Waals surface area contributed by atoms with E-state index in [2.05, 4.69) is 15.2 Å². The van der Waals surface area contributed by atoms with Crippen molar-refractivity contribution in [2.45, 2.75) is 31.3 Å². The SMILES string of the molecule is O=C(NCC1CCN1C1CCOCC1)c1csc(-c2ccoc2)n1. The van der Waals surface area contributed by atoms with Crippen molar-refractivity contribution in [1.29, 1.82) is 0 Å². The summed E-state index contributed by atoms with van der Waals surface area (Å²) in [6.07, 6.45) is 6.60. The van der Waals surface area contributed by atoms with E-state index in [0.29, 0.717) is 24.3 Å². The Morgan fingerprint density at radius 3 is 2.96 bits per heavy atom. The second kappa shape index (κ2) is 7.04. The van der Waals surface area contributed by atoms with E-state index >= 15 is 0 Å². The van der Waals surface area contributed by atoms with Gasteiger partial charge < -0.3 is 14.5 Å². The van der Waals surface area contributed by atoms with Crippen molar-refractivity contribution in [3.05, 3.63) is 29.7 Å². The van der Waals surface area contributed by atoms with Crippen LogP contribution in [0.3, 0.4) is 0 Å². The minimum Gasteiger partial charge on any atom is -0.472 e. The molecule has 1 atom stereocenters. The number of hydrogen-bond donors (Lipinski definition) is 1. The summed E-state index contributed by atoms with van der Waals surface area (Å²) in [6.45, 7) is 3.53. The molecule has 0 saturated carbocycles. The van der Waals surface area contributed by atoms with E-state index in [0.717, 1.165) is 49.6 Å². The van der Waals surface area contributed by atoms with Gasteiger partial charge in [0.05, 0.1) is 6.26 Å². The lowest BCUT2D eigenvalue weighted by atomic mass is 9.95. The summed E-state index contributed by atoms with van der Waals surface area (Å²) >= 11 is 1.46. The van der Waals surface area contributed by atoms with Crippen molar-refractivity contribution in [2.24, 2.45) is 0 Å². The molecule has 24 heavy (non-hydrogen) atoms. The summed E-state index contributed by atoms with van der Waals surface area (Å²) in [5.74, 6) is -0.0974. The van der Waals surface area contributed by atoms with Crippen LogP contribution >= 0.6 is 11.3 Å². The molecular formula is C17H21N3O3S. The number of carbonyl (C=O) groups is 1. The quantitative estimate of drug-likeness (QED) is 0.899. The van der Waals surface area contributed by atoms with E-state index in [1.807, 2.05) is 6.07 Å². The second-order valence-corrected chi connectivity index (χ2v) is 7.14. The molecule has 2 aliphatic rings. The lowest BCUT2D eigenvalue weighted by Crippen LogP contribution is -2.58. The monoisotopic (exact) mass is 347 g/mol. The molecule has 4 rings (SSSR count). The van der Waals surface area contributed by atoms with Crippen LogP contribution in [0.4, 0.5) is 0 Å². The number of nitrogens with zero attached hydrogens (tertiary/aromatic N) is 2. The molecule has 2 aliphatic heterocycles. The van der Waals surface area contributed by atoms with Gasteiger partial charge in [0.15, 0.2) is 0 Å². The molecule has 4 heterocycles. The number of amides is 1. The van der Waals surface area contributed by atoms with Crippen LogP contribution in [0.25, 0.3) is 10.6 Å². The van der Waals surface area contributed by atoms with Crippen LogP contribution in [0.15, 0.2) is 28.4 Å². The molecule has 0 radical (unpaired) electrons. The van der Waals surface area contributed by atoms with E-state index in [4.69, 9.17) is 9.15 Å². The van der Waals surface area contributed by atoms with Crippen molar-refractivity contribution in [3.63, 3.8) is 0 Å². The lowest BCUT2D eigenvalue weighted by molar-refractivity contribution is -0.0222. The molecule has 2 aromatic heterocycles. The highest BCUT2D eigenvalue weighted by Crippen LogP contribution is 2.26. The summed E-state index contributed by atoms with van der Waals surface area (Å²) in [5.41, 5.74) is 1.39. The largest absolute Gasteiger partial charge is 0.472 e. The van der Waals surface area contributed by atoms with Crippen molar-refractivity contribution in [1.82, 2.24) is 15.2 Å². The molecule has 1 N–H and O–H groups in total. The van der Waals surface area contributed by atoms with Gasteiger partial charge in [-0.15, -0.1) is 11.3 Å². The Balaban J connectivity index is 1.30. The molecule has 1 unspecified atom stereocenters. The number of rotatable bonds is 5. The van der Waals surface area contributed by atoms with Gasteiger partial charge in [0.25, 0.3) is 5.91 Å². The van der Waals surface area contributed by atoms with Gasteiger partial charge in [-0.25, -0.2) is 4.98 Å². The molecule has 6 nitrogen and oxygen atoms in total.